The van der Waals surface area contributed by atoms with Crippen LogP contribution in [-0.4, -0.2) is 49.1 Å². The summed E-state index contributed by atoms with van der Waals surface area (Å²) in [5, 5.41) is 2.89. The topological polar surface area (TPSA) is 111 Å². The summed E-state index contributed by atoms with van der Waals surface area (Å²) in [6.45, 7) is 2.35. The van der Waals surface area contributed by atoms with Gasteiger partial charge in [0.25, 0.3) is 0 Å². The molecule has 2 aliphatic rings. The fourth-order valence-electron chi connectivity index (χ4n) is 4.90. The van der Waals surface area contributed by atoms with E-state index < -0.39 is 11.9 Å². The standard InChI is InChI=1S/C27H33N3O5/c28-25(31)24(21-6-2-1-3-7-21)29-26(32)23-9-5-4-8-22(23)20-12-10-19(11-13-20)18-35-27(33)30-14-16-34-17-15-30/h1-3,6-7,10-13,22-24H,4-5,8-9,14-18H2,(H2,28,31)(H,29,32)/t22-,23+,24-/m0/s1. The van der Waals surface area contributed by atoms with Crippen molar-refractivity contribution < 1.29 is 23.9 Å². The van der Waals surface area contributed by atoms with E-state index in [1.807, 2.05) is 42.5 Å². The molecule has 3 N–H and O–H groups in total. The zero-order valence-corrected chi connectivity index (χ0v) is 19.9. The maximum atomic E-state index is 13.3. The molecule has 0 spiro atoms. The predicted octanol–water partition coefficient (Wildman–Crippen LogP) is 3.27. The van der Waals surface area contributed by atoms with Gasteiger partial charge in [0, 0.05) is 19.0 Å². The Bertz CT molecular complexity index is 1010. The summed E-state index contributed by atoms with van der Waals surface area (Å²) in [5.41, 5.74) is 8.25. The fraction of sp³-hybridized carbons (Fsp3) is 0.444. The van der Waals surface area contributed by atoms with E-state index in [9.17, 15) is 14.4 Å². The number of ether oxygens (including phenoxy) is 2. The Morgan fingerprint density at radius 3 is 2.37 bits per heavy atom. The van der Waals surface area contributed by atoms with Crippen molar-refractivity contribution in [2.45, 2.75) is 44.2 Å². The van der Waals surface area contributed by atoms with Crippen LogP contribution in [0.4, 0.5) is 4.79 Å². The van der Waals surface area contributed by atoms with Crippen molar-refractivity contribution in [3.63, 3.8) is 0 Å². The zero-order valence-electron chi connectivity index (χ0n) is 19.9. The molecule has 3 amide bonds. The smallest absolute Gasteiger partial charge is 0.410 e. The summed E-state index contributed by atoms with van der Waals surface area (Å²) in [7, 11) is 0. The van der Waals surface area contributed by atoms with E-state index in [1.165, 1.54) is 0 Å². The Morgan fingerprint density at radius 2 is 1.69 bits per heavy atom. The van der Waals surface area contributed by atoms with Gasteiger partial charge in [-0.25, -0.2) is 4.79 Å². The van der Waals surface area contributed by atoms with Crippen LogP contribution in [0.3, 0.4) is 0 Å². The van der Waals surface area contributed by atoms with E-state index in [0.717, 1.165) is 36.8 Å². The number of rotatable bonds is 7. The van der Waals surface area contributed by atoms with Gasteiger partial charge in [-0.05, 0) is 35.4 Å². The SMILES string of the molecule is NC(=O)[C@@H](NC(=O)[C@@H]1CCCC[C@H]1c1ccc(COC(=O)N2CCOCC2)cc1)c1ccccc1. The second-order valence-electron chi connectivity index (χ2n) is 9.15. The number of benzene rings is 2. The van der Waals surface area contributed by atoms with Gasteiger partial charge >= 0.3 is 6.09 Å². The first-order chi connectivity index (χ1) is 17.0. The van der Waals surface area contributed by atoms with Gasteiger partial charge in [0.2, 0.25) is 11.8 Å². The molecule has 0 bridgehead atoms. The Kier molecular flexibility index (Phi) is 8.36. The lowest BCUT2D eigenvalue weighted by molar-refractivity contribution is -0.131. The van der Waals surface area contributed by atoms with E-state index in [1.54, 1.807) is 17.0 Å². The van der Waals surface area contributed by atoms with E-state index in [2.05, 4.69) is 5.32 Å². The molecule has 186 valence electrons. The largest absolute Gasteiger partial charge is 0.445 e. The van der Waals surface area contributed by atoms with Crippen LogP contribution >= 0.6 is 0 Å². The van der Waals surface area contributed by atoms with Gasteiger partial charge in [-0.1, -0.05) is 67.4 Å². The summed E-state index contributed by atoms with van der Waals surface area (Å²) < 4.78 is 10.7. The van der Waals surface area contributed by atoms with Gasteiger partial charge in [-0.15, -0.1) is 0 Å². The Labute approximate surface area is 205 Å². The average molecular weight is 480 g/mol. The Morgan fingerprint density at radius 1 is 1.00 bits per heavy atom. The average Bonchev–Trinajstić information content (AvgIpc) is 2.91. The number of nitrogens with zero attached hydrogens (tertiary/aromatic N) is 1. The highest BCUT2D eigenvalue weighted by atomic mass is 16.6. The van der Waals surface area contributed by atoms with Crippen molar-refractivity contribution in [2.75, 3.05) is 26.3 Å². The monoisotopic (exact) mass is 479 g/mol. The van der Waals surface area contributed by atoms with E-state index >= 15 is 0 Å². The van der Waals surface area contributed by atoms with Crippen molar-refractivity contribution in [3.05, 3.63) is 71.3 Å². The minimum Gasteiger partial charge on any atom is -0.445 e. The van der Waals surface area contributed by atoms with Crippen molar-refractivity contribution in [3.8, 4) is 0 Å². The van der Waals surface area contributed by atoms with Crippen LogP contribution in [0.5, 0.6) is 0 Å². The lowest BCUT2D eigenvalue weighted by atomic mass is 9.74. The van der Waals surface area contributed by atoms with Crippen LogP contribution in [0.15, 0.2) is 54.6 Å². The second kappa shape index (κ2) is 11.8. The number of hydrogen-bond acceptors (Lipinski definition) is 5. The molecule has 0 unspecified atom stereocenters. The molecule has 2 fully saturated rings. The van der Waals surface area contributed by atoms with Crippen LogP contribution in [0.1, 0.15) is 54.3 Å². The molecule has 1 heterocycles. The van der Waals surface area contributed by atoms with Crippen LogP contribution in [-0.2, 0) is 25.7 Å². The first-order valence-electron chi connectivity index (χ1n) is 12.3. The predicted molar refractivity (Wildman–Crippen MR) is 130 cm³/mol. The van der Waals surface area contributed by atoms with Gasteiger partial charge in [0.15, 0.2) is 0 Å². The maximum absolute atomic E-state index is 13.3. The molecule has 0 radical (unpaired) electrons. The quantitative estimate of drug-likeness (QED) is 0.633. The van der Waals surface area contributed by atoms with Crippen molar-refractivity contribution >= 4 is 17.9 Å². The first-order valence-corrected chi connectivity index (χ1v) is 12.3. The van der Waals surface area contributed by atoms with E-state index in [-0.39, 0.29) is 30.4 Å². The van der Waals surface area contributed by atoms with Gasteiger partial charge in [-0.2, -0.15) is 0 Å². The van der Waals surface area contributed by atoms with Gasteiger partial charge in [0.05, 0.1) is 13.2 Å². The number of carbonyl (C=O) groups is 3. The van der Waals surface area contributed by atoms with Crippen molar-refractivity contribution in [1.29, 1.82) is 0 Å². The first kappa shape index (κ1) is 24.7. The molecular formula is C27H33N3O5. The summed E-state index contributed by atoms with van der Waals surface area (Å²) in [6.07, 6.45) is 3.34. The number of nitrogens with one attached hydrogen (secondary N) is 1. The molecule has 1 saturated carbocycles. The second-order valence-corrected chi connectivity index (χ2v) is 9.15. The third-order valence-corrected chi connectivity index (χ3v) is 6.85. The molecule has 1 aliphatic heterocycles. The lowest BCUT2D eigenvalue weighted by Crippen LogP contribution is -2.42. The Hall–Kier alpha value is -3.39. The molecule has 4 rings (SSSR count). The van der Waals surface area contributed by atoms with E-state index in [4.69, 9.17) is 15.2 Å². The summed E-state index contributed by atoms with van der Waals surface area (Å²) >= 11 is 0. The molecule has 8 heteroatoms. The number of morpholine rings is 1. The third kappa shape index (κ3) is 6.39. The van der Waals surface area contributed by atoms with Crippen LogP contribution < -0.4 is 11.1 Å². The van der Waals surface area contributed by atoms with Crippen LogP contribution in [0.25, 0.3) is 0 Å². The minimum absolute atomic E-state index is 0.0537. The number of carbonyl (C=O) groups excluding carboxylic acids is 3. The zero-order chi connectivity index (χ0) is 24.6. The lowest BCUT2D eigenvalue weighted by Gasteiger charge is -2.32. The molecule has 3 atom stereocenters. The molecule has 1 aliphatic carbocycles. The van der Waals surface area contributed by atoms with E-state index in [0.29, 0.717) is 31.9 Å². The van der Waals surface area contributed by atoms with Crippen molar-refractivity contribution in [1.82, 2.24) is 10.2 Å². The molecular weight excluding hydrogens is 446 g/mol. The fourth-order valence-corrected chi connectivity index (χ4v) is 4.90. The highest BCUT2D eigenvalue weighted by molar-refractivity contribution is 5.89. The normalized spacial score (nSPS) is 21.1. The molecule has 35 heavy (non-hydrogen) atoms. The van der Waals surface area contributed by atoms with Crippen LogP contribution in [0, 0.1) is 5.92 Å². The van der Waals surface area contributed by atoms with Gasteiger partial charge in [-0.3, -0.25) is 9.59 Å². The van der Waals surface area contributed by atoms with Crippen LogP contribution in [0.2, 0.25) is 0 Å². The number of amides is 3. The number of hydrogen-bond donors (Lipinski definition) is 2. The molecule has 2 aromatic carbocycles. The molecule has 2 aromatic rings. The summed E-state index contributed by atoms with van der Waals surface area (Å²) in [6, 6.07) is 16.1. The minimum atomic E-state index is -0.852. The number of nitrogens with two attached hydrogens (primary N) is 1. The van der Waals surface area contributed by atoms with Crippen molar-refractivity contribution in [2.24, 2.45) is 11.7 Å². The summed E-state index contributed by atoms with van der Waals surface area (Å²) in [4.78, 5) is 39.2. The van der Waals surface area contributed by atoms with Gasteiger partial charge < -0.3 is 25.4 Å². The highest BCUT2D eigenvalue weighted by Crippen LogP contribution is 2.38. The maximum Gasteiger partial charge on any atom is 0.410 e. The molecule has 8 nitrogen and oxygen atoms in total. The highest BCUT2D eigenvalue weighted by Gasteiger charge is 2.34. The summed E-state index contributed by atoms with van der Waals surface area (Å²) in [5.74, 6) is -0.906. The Balaban J connectivity index is 1.39. The molecule has 1 saturated heterocycles. The van der Waals surface area contributed by atoms with Gasteiger partial charge in [0.1, 0.15) is 12.6 Å². The molecule has 0 aromatic heterocycles. The third-order valence-electron chi connectivity index (χ3n) is 6.85. The number of primary amides is 1.